The Kier molecular flexibility index (Phi) is 4.77. The molecule has 2 rings (SSSR count). The molecule has 0 saturated heterocycles. The number of nitrogens with one attached hydrogen (secondary N) is 2. The minimum atomic E-state index is -3.50. The number of aromatic amines is 1. The van der Waals surface area contributed by atoms with Gasteiger partial charge in [-0.3, -0.25) is 4.79 Å². The number of carbonyl (C=O) groups excluding carboxylic acids is 1. The molecular weight excluding hydrogens is 282 g/mol. The van der Waals surface area contributed by atoms with Gasteiger partial charge in [-0.1, -0.05) is 12.8 Å². The fourth-order valence-electron chi connectivity index (χ4n) is 2.42. The highest BCUT2D eigenvalue weighted by Gasteiger charge is 2.33. The number of H-pyrrole nitrogens is 1. The third kappa shape index (κ3) is 3.57. The molecule has 1 aliphatic rings. The fourth-order valence-corrected chi connectivity index (χ4v) is 4.15. The lowest BCUT2D eigenvalue weighted by Crippen LogP contribution is -2.46. The Bertz CT molecular complexity index is 535. The zero-order valence-corrected chi connectivity index (χ0v) is 12.1. The molecule has 1 aliphatic carbocycles. The second-order valence-electron chi connectivity index (χ2n) is 4.93. The standard InChI is InChI=1S/C12H19N3O4S/c1-19-12(16)11(6-9-7-13-8-14-9)15-20(17,18)10-4-2-3-5-10/h7-8,10-11,15H,2-6H2,1H3,(H,13,14)/t11-/m0/s1. The van der Waals surface area contributed by atoms with Crippen LogP contribution in [0.2, 0.25) is 0 Å². The van der Waals surface area contributed by atoms with Gasteiger partial charge in [0.2, 0.25) is 10.0 Å². The van der Waals surface area contributed by atoms with Gasteiger partial charge in [0, 0.05) is 18.3 Å². The highest BCUT2D eigenvalue weighted by Crippen LogP contribution is 2.24. The first kappa shape index (κ1) is 15.0. The molecule has 112 valence electrons. The lowest BCUT2D eigenvalue weighted by atomic mass is 10.2. The van der Waals surface area contributed by atoms with Gasteiger partial charge in [0.1, 0.15) is 6.04 Å². The molecule has 1 heterocycles. The number of hydrogen-bond acceptors (Lipinski definition) is 5. The van der Waals surface area contributed by atoms with Gasteiger partial charge in [-0.25, -0.2) is 18.1 Å². The van der Waals surface area contributed by atoms with Gasteiger partial charge >= 0.3 is 5.97 Å². The SMILES string of the molecule is COC(=O)[C@H](Cc1cnc[nH]1)NS(=O)(=O)C1CCCC1. The number of hydrogen-bond donors (Lipinski definition) is 2. The van der Waals surface area contributed by atoms with Crippen LogP contribution in [0.1, 0.15) is 31.4 Å². The van der Waals surface area contributed by atoms with E-state index in [1.165, 1.54) is 13.4 Å². The van der Waals surface area contributed by atoms with Crippen LogP contribution in [-0.2, 0) is 26.0 Å². The Morgan fingerprint density at radius 3 is 2.80 bits per heavy atom. The Hall–Kier alpha value is -1.41. The third-order valence-electron chi connectivity index (χ3n) is 3.51. The fraction of sp³-hybridized carbons (Fsp3) is 0.667. The predicted molar refractivity (Wildman–Crippen MR) is 72.4 cm³/mol. The molecule has 1 fully saturated rings. The first-order chi connectivity index (χ1) is 9.53. The van der Waals surface area contributed by atoms with Crippen molar-refractivity contribution in [2.24, 2.45) is 0 Å². The second-order valence-corrected chi connectivity index (χ2v) is 6.92. The second kappa shape index (κ2) is 6.36. The number of imidazole rings is 1. The topological polar surface area (TPSA) is 101 Å². The molecule has 0 radical (unpaired) electrons. The number of aromatic nitrogens is 2. The number of nitrogens with zero attached hydrogens (tertiary/aromatic N) is 1. The summed E-state index contributed by atoms with van der Waals surface area (Å²) in [5.74, 6) is -0.596. The smallest absolute Gasteiger partial charge is 0.324 e. The lowest BCUT2D eigenvalue weighted by molar-refractivity contribution is -0.142. The zero-order chi connectivity index (χ0) is 14.6. The minimum absolute atomic E-state index is 0.193. The quantitative estimate of drug-likeness (QED) is 0.739. The van der Waals surface area contributed by atoms with Crippen molar-refractivity contribution in [3.05, 3.63) is 18.2 Å². The van der Waals surface area contributed by atoms with E-state index in [1.54, 1.807) is 6.20 Å². The number of sulfonamides is 1. The maximum Gasteiger partial charge on any atom is 0.324 e. The third-order valence-corrected chi connectivity index (χ3v) is 5.47. The molecule has 0 spiro atoms. The van der Waals surface area contributed by atoms with Crippen molar-refractivity contribution in [3.63, 3.8) is 0 Å². The Balaban J connectivity index is 2.09. The number of carbonyl (C=O) groups is 1. The van der Waals surface area contributed by atoms with E-state index in [2.05, 4.69) is 19.4 Å². The van der Waals surface area contributed by atoms with E-state index in [9.17, 15) is 13.2 Å². The van der Waals surface area contributed by atoms with Gasteiger partial charge in [0.05, 0.1) is 18.7 Å². The molecule has 1 aromatic rings. The lowest BCUT2D eigenvalue weighted by Gasteiger charge is -2.19. The van der Waals surface area contributed by atoms with E-state index in [0.717, 1.165) is 12.8 Å². The van der Waals surface area contributed by atoms with Crippen LogP contribution in [0.4, 0.5) is 0 Å². The summed E-state index contributed by atoms with van der Waals surface area (Å²) in [6.45, 7) is 0. The van der Waals surface area contributed by atoms with Crippen molar-refractivity contribution in [1.82, 2.24) is 14.7 Å². The Morgan fingerprint density at radius 2 is 2.25 bits per heavy atom. The molecule has 1 aromatic heterocycles. The van der Waals surface area contributed by atoms with Crippen molar-refractivity contribution in [2.45, 2.75) is 43.4 Å². The van der Waals surface area contributed by atoms with Gasteiger partial charge in [0.15, 0.2) is 0 Å². The minimum Gasteiger partial charge on any atom is -0.468 e. The molecule has 7 nitrogen and oxygen atoms in total. The zero-order valence-electron chi connectivity index (χ0n) is 11.3. The molecular formula is C12H19N3O4S. The molecule has 0 amide bonds. The van der Waals surface area contributed by atoms with Crippen LogP contribution in [0.5, 0.6) is 0 Å². The molecule has 2 N–H and O–H groups in total. The van der Waals surface area contributed by atoms with Crippen LogP contribution < -0.4 is 4.72 Å². The van der Waals surface area contributed by atoms with Crippen LogP contribution in [0.3, 0.4) is 0 Å². The molecule has 1 atom stereocenters. The normalized spacial score (nSPS) is 18.1. The van der Waals surface area contributed by atoms with E-state index in [1.807, 2.05) is 0 Å². The maximum absolute atomic E-state index is 12.2. The summed E-state index contributed by atoms with van der Waals surface area (Å²) in [5, 5.41) is -0.406. The average Bonchev–Trinajstić information content (AvgIpc) is 3.09. The maximum atomic E-state index is 12.2. The monoisotopic (exact) mass is 301 g/mol. The van der Waals surface area contributed by atoms with E-state index >= 15 is 0 Å². The van der Waals surface area contributed by atoms with E-state index in [4.69, 9.17) is 0 Å². The number of methoxy groups -OCH3 is 1. The van der Waals surface area contributed by atoms with Crippen LogP contribution in [-0.4, -0.2) is 42.8 Å². The van der Waals surface area contributed by atoms with Crippen molar-refractivity contribution >= 4 is 16.0 Å². The van der Waals surface area contributed by atoms with Gasteiger partial charge < -0.3 is 9.72 Å². The summed E-state index contributed by atoms with van der Waals surface area (Å²) >= 11 is 0. The van der Waals surface area contributed by atoms with Crippen LogP contribution >= 0.6 is 0 Å². The van der Waals surface area contributed by atoms with E-state index < -0.39 is 27.3 Å². The van der Waals surface area contributed by atoms with Crippen molar-refractivity contribution in [3.8, 4) is 0 Å². The summed E-state index contributed by atoms with van der Waals surface area (Å²) in [6, 6.07) is -0.925. The van der Waals surface area contributed by atoms with Gasteiger partial charge in [-0.15, -0.1) is 0 Å². The van der Waals surface area contributed by atoms with Crippen molar-refractivity contribution in [1.29, 1.82) is 0 Å². The summed E-state index contributed by atoms with van der Waals surface area (Å²) in [6.07, 6.45) is 6.35. The largest absolute Gasteiger partial charge is 0.468 e. The Labute approximate surface area is 118 Å². The summed E-state index contributed by atoms with van der Waals surface area (Å²) < 4.78 is 31.6. The number of ether oxygens (including phenoxy) is 1. The van der Waals surface area contributed by atoms with Gasteiger partial charge in [-0.2, -0.15) is 0 Å². The van der Waals surface area contributed by atoms with Crippen LogP contribution in [0, 0.1) is 0 Å². The summed E-state index contributed by atoms with van der Waals surface area (Å²) in [5.41, 5.74) is 0.675. The first-order valence-corrected chi connectivity index (χ1v) is 8.14. The molecule has 8 heteroatoms. The van der Waals surface area contributed by atoms with E-state index in [0.29, 0.717) is 18.5 Å². The summed E-state index contributed by atoms with van der Waals surface area (Å²) in [4.78, 5) is 18.4. The van der Waals surface area contributed by atoms with Crippen LogP contribution in [0.15, 0.2) is 12.5 Å². The number of rotatable bonds is 6. The first-order valence-electron chi connectivity index (χ1n) is 6.59. The predicted octanol–water partition coefficient (Wildman–Crippen LogP) is 0.356. The molecule has 0 unspecified atom stereocenters. The van der Waals surface area contributed by atoms with Crippen molar-refractivity contribution in [2.75, 3.05) is 7.11 Å². The average molecular weight is 301 g/mol. The molecule has 20 heavy (non-hydrogen) atoms. The molecule has 0 aliphatic heterocycles. The molecule has 0 bridgehead atoms. The highest BCUT2D eigenvalue weighted by molar-refractivity contribution is 7.90. The van der Waals surface area contributed by atoms with E-state index in [-0.39, 0.29) is 6.42 Å². The highest BCUT2D eigenvalue weighted by atomic mass is 32.2. The van der Waals surface area contributed by atoms with Gasteiger partial charge in [-0.05, 0) is 12.8 Å². The van der Waals surface area contributed by atoms with Crippen LogP contribution in [0.25, 0.3) is 0 Å². The Morgan fingerprint density at radius 1 is 1.55 bits per heavy atom. The van der Waals surface area contributed by atoms with Gasteiger partial charge in [0.25, 0.3) is 0 Å². The summed E-state index contributed by atoms with van der Waals surface area (Å²) in [7, 11) is -2.26. The van der Waals surface area contributed by atoms with Crippen molar-refractivity contribution < 1.29 is 17.9 Å². The number of esters is 1. The molecule has 0 aromatic carbocycles. The molecule has 1 saturated carbocycles.